The van der Waals surface area contributed by atoms with Gasteiger partial charge in [0.15, 0.2) is 0 Å². The highest BCUT2D eigenvalue weighted by Crippen LogP contribution is 2.25. The first kappa shape index (κ1) is 12.7. The van der Waals surface area contributed by atoms with E-state index in [4.69, 9.17) is 11.6 Å². The second-order valence-corrected chi connectivity index (χ2v) is 5.11. The van der Waals surface area contributed by atoms with E-state index in [1.54, 1.807) is 0 Å². The van der Waals surface area contributed by atoms with Crippen molar-refractivity contribution in [1.29, 1.82) is 0 Å². The topological polar surface area (TPSA) is 15.3 Å². The summed E-state index contributed by atoms with van der Waals surface area (Å²) in [6, 6.07) is 6.45. The van der Waals surface area contributed by atoms with E-state index in [9.17, 15) is 0 Å². The lowest BCUT2D eigenvalue weighted by Gasteiger charge is -2.23. The molecule has 1 N–H and O–H groups in total. The molecule has 1 aromatic carbocycles. The van der Waals surface area contributed by atoms with Gasteiger partial charge in [0.25, 0.3) is 0 Å². The molecule has 0 bridgehead atoms. The van der Waals surface area contributed by atoms with Gasteiger partial charge in [-0.2, -0.15) is 0 Å². The van der Waals surface area contributed by atoms with Crippen LogP contribution in [0.15, 0.2) is 18.2 Å². The molecule has 0 saturated carbocycles. The Morgan fingerprint density at radius 3 is 2.47 bits per heavy atom. The van der Waals surface area contributed by atoms with Crippen LogP contribution in [0.3, 0.4) is 0 Å². The molecule has 1 fully saturated rings. The zero-order valence-corrected chi connectivity index (χ0v) is 11.3. The standard InChI is InChI=1S/C14H21ClN2/c1-16-11-12-6-7-13(10-14(12)15)17-8-4-2-3-5-9-17/h6-7,10,16H,2-5,8-9,11H2,1H3. The number of benzene rings is 1. The molecule has 2 nitrogen and oxygen atoms in total. The Morgan fingerprint density at radius 2 is 1.88 bits per heavy atom. The molecule has 0 unspecified atom stereocenters. The monoisotopic (exact) mass is 252 g/mol. The zero-order valence-electron chi connectivity index (χ0n) is 10.5. The van der Waals surface area contributed by atoms with Crippen molar-refractivity contribution < 1.29 is 0 Å². The van der Waals surface area contributed by atoms with Crippen molar-refractivity contribution in [2.24, 2.45) is 0 Å². The highest BCUT2D eigenvalue weighted by atomic mass is 35.5. The van der Waals surface area contributed by atoms with E-state index >= 15 is 0 Å². The number of hydrogen-bond donors (Lipinski definition) is 1. The van der Waals surface area contributed by atoms with Crippen molar-refractivity contribution in [1.82, 2.24) is 5.32 Å². The molecular formula is C14H21ClN2. The fourth-order valence-corrected chi connectivity index (χ4v) is 2.64. The molecule has 94 valence electrons. The summed E-state index contributed by atoms with van der Waals surface area (Å²) in [4.78, 5) is 2.46. The van der Waals surface area contributed by atoms with E-state index in [2.05, 4.69) is 28.4 Å². The summed E-state index contributed by atoms with van der Waals surface area (Å²) in [7, 11) is 1.94. The molecule has 0 spiro atoms. The van der Waals surface area contributed by atoms with Crippen molar-refractivity contribution in [3.05, 3.63) is 28.8 Å². The maximum atomic E-state index is 6.30. The minimum Gasteiger partial charge on any atom is -0.371 e. The third kappa shape index (κ3) is 3.36. The Hall–Kier alpha value is -0.730. The van der Waals surface area contributed by atoms with Crippen LogP contribution in [0.4, 0.5) is 5.69 Å². The molecule has 2 rings (SSSR count). The maximum absolute atomic E-state index is 6.30. The number of nitrogens with one attached hydrogen (secondary N) is 1. The van der Waals surface area contributed by atoms with Crippen LogP contribution in [0, 0.1) is 0 Å². The van der Waals surface area contributed by atoms with Crippen LogP contribution in [-0.4, -0.2) is 20.1 Å². The molecule has 1 aliphatic rings. The lowest BCUT2D eigenvalue weighted by molar-refractivity contribution is 0.726. The van der Waals surface area contributed by atoms with E-state index in [1.165, 1.54) is 50.0 Å². The lowest BCUT2D eigenvalue weighted by Crippen LogP contribution is -2.23. The third-order valence-electron chi connectivity index (χ3n) is 3.38. The molecule has 0 radical (unpaired) electrons. The summed E-state index contributed by atoms with van der Waals surface area (Å²) >= 11 is 6.30. The molecule has 0 aromatic heterocycles. The van der Waals surface area contributed by atoms with Gasteiger partial charge in [0.05, 0.1) is 0 Å². The van der Waals surface area contributed by atoms with Crippen molar-refractivity contribution in [3.8, 4) is 0 Å². The summed E-state index contributed by atoms with van der Waals surface area (Å²) in [5.41, 5.74) is 2.45. The van der Waals surface area contributed by atoms with Crippen molar-refractivity contribution in [3.63, 3.8) is 0 Å². The van der Waals surface area contributed by atoms with Gasteiger partial charge in [-0.3, -0.25) is 0 Å². The van der Waals surface area contributed by atoms with Crippen LogP contribution in [0.25, 0.3) is 0 Å². The summed E-state index contributed by atoms with van der Waals surface area (Å²) in [6.07, 6.45) is 5.33. The van der Waals surface area contributed by atoms with Crippen LogP contribution in [0.2, 0.25) is 5.02 Å². The largest absolute Gasteiger partial charge is 0.371 e. The van der Waals surface area contributed by atoms with Crippen molar-refractivity contribution >= 4 is 17.3 Å². The molecule has 0 atom stereocenters. The molecule has 0 aliphatic carbocycles. The van der Waals surface area contributed by atoms with E-state index in [0.717, 1.165) is 11.6 Å². The van der Waals surface area contributed by atoms with Gasteiger partial charge in [-0.1, -0.05) is 30.5 Å². The fourth-order valence-electron chi connectivity index (χ4n) is 2.40. The van der Waals surface area contributed by atoms with Crippen LogP contribution >= 0.6 is 11.6 Å². The fraction of sp³-hybridized carbons (Fsp3) is 0.571. The molecule has 3 heteroatoms. The van der Waals surface area contributed by atoms with Crippen LogP contribution in [0.1, 0.15) is 31.2 Å². The van der Waals surface area contributed by atoms with Gasteiger partial charge in [-0.25, -0.2) is 0 Å². The second kappa shape index (κ2) is 6.27. The predicted molar refractivity (Wildman–Crippen MR) is 74.9 cm³/mol. The Kier molecular flexibility index (Phi) is 4.69. The molecule has 1 heterocycles. The lowest BCUT2D eigenvalue weighted by atomic mass is 10.2. The van der Waals surface area contributed by atoms with Gasteiger partial charge in [-0.05, 0) is 37.6 Å². The average Bonchev–Trinajstić information content (AvgIpc) is 2.60. The molecule has 0 amide bonds. The van der Waals surface area contributed by atoms with Gasteiger partial charge in [-0.15, -0.1) is 0 Å². The van der Waals surface area contributed by atoms with Gasteiger partial charge < -0.3 is 10.2 Å². The first-order chi connectivity index (χ1) is 8.31. The number of anilines is 1. The van der Waals surface area contributed by atoms with Crippen LogP contribution < -0.4 is 10.2 Å². The number of nitrogens with zero attached hydrogens (tertiary/aromatic N) is 1. The Bertz CT molecular complexity index is 357. The molecular weight excluding hydrogens is 232 g/mol. The quantitative estimate of drug-likeness (QED) is 0.887. The van der Waals surface area contributed by atoms with Crippen LogP contribution in [-0.2, 0) is 6.54 Å². The van der Waals surface area contributed by atoms with E-state index in [1.807, 2.05) is 7.05 Å². The molecule has 1 aromatic rings. The number of hydrogen-bond acceptors (Lipinski definition) is 2. The van der Waals surface area contributed by atoms with Crippen LogP contribution in [0.5, 0.6) is 0 Å². The third-order valence-corrected chi connectivity index (χ3v) is 3.73. The van der Waals surface area contributed by atoms with E-state index < -0.39 is 0 Å². The highest BCUT2D eigenvalue weighted by Gasteiger charge is 2.11. The summed E-state index contributed by atoms with van der Waals surface area (Å²) in [5, 5.41) is 4.01. The molecule has 17 heavy (non-hydrogen) atoms. The average molecular weight is 253 g/mol. The summed E-state index contributed by atoms with van der Waals surface area (Å²) in [6.45, 7) is 3.17. The Labute approximate surface area is 109 Å². The summed E-state index contributed by atoms with van der Waals surface area (Å²) in [5.74, 6) is 0. The highest BCUT2D eigenvalue weighted by molar-refractivity contribution is 6.31. The zero-order chi connectivity index (χ0) is 12.1. The smallest absolute Gasteiger partial charge is 0.0471 e. The minimum atomic E-state index is 0.832. The summed E-state index contributed by atoms with van der Waals surface area (Å²) < 4.78 is 0. The van der Waals surface area contributed by atoms with Gasteiger partial charge in [0, 0.05) is 30.3 Å². The Morgan fingerprint density at radius 1 is 1.18 bits per heavy atom. The first-order valence-electron chi connectivity index (χ1n) is 6.49. The first-order valence-corrected chi connectivity index (χ1v) is 6.87. The normalized spacial score (nSPS) is 16.9. The van der Waals surface area contributed by atoms with Gasteiger partial charge in [0.1, 0.15) is 0 Å². The van der Waals surface area contributed by atoms with Gasteiger partial charge in [0.2, 0.25) is 0 Å². The SMILES string of the molecule is CNCc1ccc(N2CCCCCC2)cc1Cl. The Balaban J connectivity index is 2.12. The van der Waals surface area contributed by atoms with E-state index in [-0.39, 0.29) is 0 Å². The second-order valence-electron chi connectivity index (χ2n) is 4.71. The van der Waals surface area contributed by atoms with Crippen molar-refractivity contribution in [2.45, 2.75) is 32.2 Å². The number of rotatable bonds is 3. The minimum absolute atomic E-state index is 0.832. The number of halogens is 1. The van der Waals surface area contributed by atoms with Crippen molar-refractivity contribution in [2.75, 3.05) is 25.0 Å². The molecule has 1 saturated heterocycles. The van der Waals surface area contributed by atoms with Gasteiger partial charge >= 0.3 is 0 Å². The maximum Gasteiger partial charge on any atom is 0.0471 e. The molecule has 1 aliphatic heterocycles. The van der Waals surface area contributed by atoms with E-state index in [0.29, 0.717) is 0 Å². The predicted octanol–water partition coefficient (Wildman–Crippen LogP) is 3.44.